The second-order valence-corrected chi connectivity index (χ2v) is 6.93. The summed E-state index contributed by atoms with van der Waals surface area (Å²) in [7, 11) is 1.30. The zero-order valence-electron chi connectivity index (χ0n) is 16.2. The van der Waals surface area contributed by atoms with Gasteiger partial charge in [-0.3, -0.25) is 14.9 Å². The number of nitro groups is 1. The predicted molar refractivity (Wildman–Crippen MR) is 110 cm³/mol. The van der Waals surface area contributed by atoms with Gasteiger partial charge in [0.2, 0.25) is 0 Å². The number of fused-ring (bicyclic) bond motifs is 1. The molecule has 3 rings (SSSR count). The first-order valence-electron chi connectivity index (χ1n) is 9.21. The number of non-ortho nitro benzene ring substituents is 1. The Balaban J connectivity index is 2.18. The van der Waals surface area contributed by atoms with Crippen molar-refractivity contribution in [2.45, 2.75) is 25.2 Å². The largest absolute Gasteiger partial charge is 0.469 e. The van der Waals surface area contributed by atoms with Crippen molar-refractivity contribution in [1.82, 2.24) is 0 Å². The third kappa shape index (κ3) is 4.32. The molecule has 0 heterocycles. The molecular formula is C23H21NO5. The highest BCUT2D eigenvalue weighted by Gasteiger charge is 2.34. The van der Waals surface area contributed by atoms with E-state index in [-0.39, 0.29) is 17.9 Å². The van der Waals surface area contributed by atoms with E-state index in [1.807, 2.05) is 42.5 Å². The molecule has 148 valence electrons. The van der Waals surface area contributed by atoms with Crippen molar-refractivity contribution in [3.05, 3.63) is 88.0 Å². The van der Waals surface area contributed by atoms with Crippen molar-refractivity contribution in [2.24, 2.45) is 0 Å². The molecular weight excluding hydrogens is 370 g/mol. The Labute approximate surface area is 168 Å². The molecule has 0 N–H and O–H groups in total. The Morgan fingerprint density at radius 1 is 1.00 bits per heavy atom. The van der Waals surface area contributed by atoms with Crippen molar-refractivity contribution in [1.29, 1.82) is 0 Å². The van der Waals surface area contributed by atoms with E-state index in [2.05, 4.69) is 0 Å². The molecule has 0 aliphatic carbocycles. The highest BCUT2D eigenvalue weighted by atomic mass is 16.6. The first-order chi connectivity index (χ1) is 13.9. The van der Waals surface area contributed by atoms with Crippen LogP contribution < -0.4 is 0 Å². The molecule has 3 aromatic rings. The number of Topliss-reactive ketones (excluding diaryl/α,β-unsaturated/α-hetero) is 1. The molecule has 0 fully saturated rings. The van der Waals surface area contributed by atoms with Gasteiger partial charge in [0.15, 0.2) is 0 Å². The van der Waals surface area contributed by atoms with Crippen LogP contribution in [-0.2, 0) is 14.3 Å². The summed E-state index contributed by atoms with van der Waals surface area (Å²) >= 11 is 0. The van der Waals surface area contributed by atoms with Crippen LogP contribution in [0.15, 0.2) is 66.7 Å². The number of carbonyl (C=O) groups is 2. The number of ketones is 1. The third-order valence-electron chi connectivity index (χ3n) is 5.05. The third-order valence-corrected chi connectivity index (χ3v) is 5.05. The van der Waals surface area contributed by atoms with Crippen LogP contribution in [0.5, 0.6) is 0 Å². The van der Waals surface area contributed by atoms with Gasteiger partial charge in [-0.1, -0.05) is 54.6 Å². The number of carbonyl (C=O) groups excluding carboxylic acids is 2. The molecule has 6 nitrogen and oxygen atoms in total. The molecule has 0 saturated heterocycles. The lowest BCUT2D eigenvalue weighted by Gasteiger charge is -2.26. The number of nitrogens with zero attached hydrogens (tertiary/aromatic N) is 1. The standard InChI is InChI=1S/C23H21NO5/c1-15(25)14-21(20-9-5-7-16-6-3-4-8-19(16)20)22(23(26)29-2)17-10-12-18(13-11-17)24(27)28/h3-13,21-22H,14H2,1-2H3. The van der Waals surface area contributed by atoms with Crippen LogP contribution in [0.4, 0.5) is 5.69 Å². The average molecular weight is 391 g/mol. The van der Waals surface area contributed by atoms with E-state index in [1.54, 1.807) is 12.1 Å². The maximum Gasteiger partial charge on any atom is 0.313 e. The Morgan fingerprint density at radius 2 is 1.66 bits per heavy atom. The highest BCUT2D eigenvalue weighted by Crippen LogP contribution is 2.40. The molecule has 6 heteroatoms. The van der Waals surface area contributed by atoms with E-state index >= 15 is 0 Å². The number of benzene rings is 3. The van der Waals surface area contributed by atoms with Gasteiger partial charge >= 0.3 is 5.97 Å². The second-order valence-electron chi connectivity index (χ2n) is 6.93. The van der Waals surface area contributed by atoms with Crippen LogP contribution in [0.1, 0.15) is 36.3 Å². The van der Waals surface area contributed by atoms with E-state index in [1.165, 1.54) is 26.2 Å². The molecule has 0 aromatic heterocycles. The van der Waals surface area contributed by atoms with E-state index in [4.69, 9.17) is 4.74 Å². The number of ether oxygens (including phenoxy) is 1. The first-order valence-corrected chi connectivity index (χ1v) is 9.21. The van der Waals surface area contributed by atoms with Crippen molar-refractivity contribution in [3.8, 4) is 0 Å². The lowest BCUT2D eigenvalue weighted by molar-refractivity contribution is -0.384. The van der Waals surface area contributed by atoms with Crippen LogP contribution in [0.3, 0.4) is 0 Å². The molecule has 0 radical (unpaired) electrons. The lowest BCUT2D eigenvalue weighted by atomic mass is 9.77. The van der Waals surface area contributed by atoms with Crippen molar-refractivity contribution in [3.63, 3.8) is 0 Å². The van der Waals surface area contributed by atoms with Crippen molar-refractivity contribution >= 4 is 28.2 Å². The number of nitro benzene ring substituents is 1. The summed E-state index contributed by atoms with van der Waals surface area (Å²) in [5.41, 5.74) is 1.37. The van der Waals surface area contributed by atoms with E-state index in [9.17, 15) is 19.7 Å². The zero-order valence-corrected chi connectivity index (χ0v) is 16.2. The predicted octanol–water partition coefficient (Wildman–Crippen LogP) is 4.77. The summed E-state index contributed by atoms with van der Waals surface area (Å²) in [6.07, 6.45) is 0.144. The molecule has 0 spiro atoms. The molecule has 0 aliphatic rings. The quantitative estimate of drug-likeness (QED) is 0.329. The van der Waals surface area contributed by atoms with Gasteiger partial charge in [-0.25, -0.2) is 0 Å². The van der Waals surface area contributed by atoms with Gasteiger partial charge < -0.3 is 9.53 Å². The van der Waals surface area contributed by atoms with Crippen molar-refractivity contribution < 1.29 is 19.2 Å². The molecule has 3 aromatic carbocycles. The summed E-state index contributed by atoms with van der Waals surface area (Å²) in [6, 6.07) is 19.4. The fourth-order valence-electron chi connectivity index (χ4n) is 3.75. The monoisotopic (exact) mass is 391 g/mol. The van der Waals surface area contributed by atoms with Crippen LogP contribution in [0, 0.1) is 10.1 Å². The van der Waals surface area contributed by atoms with Gasteiger partial charge in [0.1, 0.15) is 5.78 Å². The van der Waals surface area contributed by atoms with Crippen LogP contribution >= 0.6 is 0 Å². The maximum absolute atomic E-state index is 12.8. The topological polar surface area (TPSA) is 86.5 Å². The molecule has 0 amide bonds. The van der Waals surface area contributed by atoms with Crippen molar-refractivity contribution in [2.75, 3.05) is 7.11 Å². The van der Waals surface area contributed by atoms with Gasteiger partial charge in [0.05, 0.1) is 18.0 Å². The van der Waals surface area contributed by atoms with Crippen LogP contribution in [-0.4, -0.2) is 23.8 Å². The Hall–Kier alpha value is -3.54. The van der Waals surface area contributed by atoms with Crippen LogP contribution in [0.2, 0.25) is 0 Å². The SMILES string of the molecule is COC(=O)C(c1ccc([N+](=O)[O-])cc1)C(CC(C)=O)c1cccc2ccccc12. The van der Waals surface area contributed by atoms with E-state index in [0.29, 0.717) is 5.56 Å². The minimum atomic E-state index is -0.768. The number of esters is 1. The maximum atomic E-state index is 12.8. The zero-order chi connectivity index (χ0) is 21.0. The molecule has 2 unspecified atom stereocenters. The minimum absolute atomic E-state index is 0.0567. The second kappa shape index (κ2) is 8.65. The number of hydrogen-bond acceptors (Lipinski definition) is 5. The number of rotatable bonds is 7. The van der Waals surface area contributed by atoms with E-state index in [0.717, 1.165) is 16.3 Å². The van der Waals surface area contributed by atoms with Gasteiger partial charge in [-0.2, -0.15) is 0 Å². The van der Waals surface area contributed by atoms with Gasteiger partial charge in [0.25, 0.3) is 5.69 Å². The summed E-state index contributed by atoms with van der Waals surface area (Å²) in [5, 5.41) is 12.9. The average Bonchev–Trinajstić information content (AvgIpc) is 2.72. The molecule has 0 aliphatic heterocycles. The van der Waals surface area contributed by atoms with Crippen LogP contribution in [0.25, 0.3) is 10.8 Å². The first kappa shape index (κ1) is 20.2. The molecule has 2 atom stereocenters. The summed E-state index contributed by atoms with van der Waals surface area (Å²) < 4.78 is 5.06. The lowest BCUT2D eigenvalue weighted by Crippen LogP contribution is -2.24. The van der Waals surface area contributed by atoms with E-state index < -0.39 is 22.7 Å². The van der Waals surface area contributed by atoms with Gasteiger partial charge in [-0.15, -0.1) is 0 Å². The van der Waals surface area contributed by atoms with Gasteiger partial charge in [0, 0.05) is 24.5 Å². The highest BCUT2D eigenvalue weighted by molar-refractivity contribution is 5.89. The Kier molecular flexibility index (Phi) is 6.02. The Bertz CT molecular complexity index is 1050. The number of hydrogen-bond donors (Lipinski definition) is 0. The molecule has 0 saturated carbocycles. The minimum Gasteiger partial charge on any atom is -0.469 e. The number of methoxy groups -OCH3 is 1. The fourth-order valence-corrected chi connectivity index (χ4v) is 3.75. The summed E-state index contributed by atoms with van der Waals surface area (Å²) in [4.78, 5) is 35.4. The summed E-state index contributed by atoms with van der Waals surface area (Å²) in [6.45, 7) is 1.49. The van der Waals surface area contributed by atoms with Gasteiger partial charge in [-0.05, 0) is 28.8 Å². The fraction of sp³-hybridized carbons (Fsp3) is 0.217. The molecule has 29 heavy (non-hydrogen) atoms. The summed E-state index contributed by atoms with van der Waals surface area (Å²) in [5.74, 6) is -1.78. The normalized spacial score (nSPS) is 12.9. The smallest absolute Gasteiger partial charge is 0.313 e. The Morgan fingerprint density at radius 3 is 2.28 bits per heavy atom. The molecule has 0 bridgehead atoms.